The molecule has 5 heteroatoms. The van der Waals surface area contributed by atoms with Gasteiger partial charge < -0.3 is 19.1 Å². The third kappa shape index (κ3) is 15.1. The van der Waals surface area contributed by atoms with Gasteiger partial charge >= 0.3 is 0 Å². The monoisotopic (exact) mass is 471 g/mol. The fourth-order valence-electron chi connectivity index (χ4n) is 5.28. The molecule has 0 aromatic rings. The fraction of sp³-hybridized carbons (Fsp3) is 1.00. The van der Waals surface area contributed by atoms with Gasteiger partial charge in [-0.05, 0) is 104 Å². The van der Waals surface area contributed by atoms with Gasteiger partial charge in [0.25, 0.3) is 0 Å². The summed E-state index contributed by atoms with van der Waals surface area (Å²) in [6.07, 6.45) is 9.23. The van der Waals surface area contributed by atoms with E-state index in [4.69, 9.17) is 4.43 Å². The molecule has 0 spiro atoms. The molecule has 0 aliphatic carbocycles. The summed E-state index contributed by atoms with van der Waals surface area (Å²) in [5, 5.41) is 0. The van der Waals surface area contributed by atoms with Gasteiger partial charge in [0.05, 0.1) is 0 Å². The van der Waals surface area contributed by atoms with Gasteiger partial charge in [-0.15, -0.1) is 0 Å². The first-order chi connectivity index (χ1) is 15.4. The Labute approximate surface area is 205 Å². The first-order valence-corrected chi connectivity index (χ1v) is 15.8. The van der Waals surface area contributed by atoms with Crippen LogP contribution in [-0.4, -0.2) is 89.5 Å². The minimum absolute atomic E-state index is 0.340. The van der Waals surface area contributed by atoms with E-state index in [2.05, 4.69) is 70.1 Å². The van der Waals surface area contributed by atoms with Crippen LogP contribution in [0.15, 0.2) is 0 Å². The predicted octanol–water partition coefficient (Wildman–Crippen LogP) is 5.66. The zero-order valence-corrected chi connectivity index (χ0v) is 25.0. The molecule has 0 aromatic heterocycles. The summed E-state index contributed by atoms with van der Waals surface area (Å²) in [5.41, 5.74) is 0.340. The maximum Gasteiger partial charge on any atom is 0.161 e. The average molecular weight is 472 g/mol. The molecule has 0 atom stereocenters. The molecule has 0 unspecified atom stereocenters. The third-order valence-corrected chi connectivity index (χ3v) is 7.76. The molecular formula is C27H61N3OSi. The molecule has 0 aliphatic heterocycles. The Morgan fingerprint density at radius 2 is 0.906 bits per heavy atom. The highest BCUT2D eigenvalue weighted by Gasteiger charge is 2.35. The summed E-state index contributed by atoms with van der Waals surface area (Å²) in [5.74, 6) is 0. The van der Waals surface area contributed by atoms with Crippen molar-refractivity contribution in [1.29, 1.82) is 0 Å². The molecule has 4 nitrogen and oxygen atoms in total. The summed E-state index contributed by atoms with van der Waals surface area (Å²) in [6, 6.07) is 1.31. The lowest BCUT2D eigenvalue weighted by Crippen LogP contribution is -2.52. The van der Waals surface area contributed by atoms with Crippen molar-refractivity contribution in [3.8, 4) is 0 Å². The Hall–Kier alpha value is 0.0569. The highest BCUT2D eigenvalue weighted by Crippen LogP contribution is 2.30. The summed E-state index contributed by atoms with van der Waals surface area (Å²) < 4.78 is 6.14. The molecule has 0 aliphatic rings. The van der Waals surface area contributed by atoms with Gasteiger partial charge in [-0.25, -0.2) is 0 Å². The van der Waals surface area contributed by atoms with Crippen LogP contribution in [-0.2, 0) is 4.43 Å². The topological polar surface area (TPSA) is 19.0 Å². The third-order valence-electron chi connectivity index (χ3n) is 6.22. The highest BCUT2D eigenvalue weighted by molar-refractivity contribution is 6.27. The predicted molar refractivity (Wildman–Crippen MR) is 148 cm³/mol. The molecule has 0 bridgehead atoms. The number of hydrogen-bond donors (Lipinski definition) is 0. The van der Waals surface area contributed by atoms with Crippen LogP contribution in [0.5, 0.6) is 0 Å². The average Bonchev–Trinajstić information content (AvgIpc) is 2.72. The van der Waals surface area contributed by atoms with Crippen LogP contribution in [0.4, 0.5) is 0 Å². The van der Waals surface area contributed by atoms with Crippen LogP contribution in [0.1, 0.15) is 100 Å². The van der Waals surface area contributed by atoms with Gasteiger partial charge in [-0.3, -0.25) is 0 Å². The minimum Gasteiger partial charge on any atom is -0.422 e. The standard InChI is InChI=1S/C27H61N3OSi/c1-9-16-28(17-10-2)23-27(15-22-32-31-26(7)8,24-29(18-11-3)19-12-4)25-30(20-13-5)21-14-6/h26H,9-25,32H2,1-8H3. The molecule has 0 rings (SSSR count). The summed E-state index contributed by atoms with van der Waals surface area (Å²) in [4.78, 5) is 8.37. The van der Waals surface area contributed by atoms with Crippen LogP contribution in [0.2, 0.25) is 6.04 Å². The van der Waals surface area contributed by atoms with Crippen LogP contribution in [0.25, 0.3) is 0 Å². The van der Waals surface area contributed by atoms with E-state index in [0.717, 1.165) is 0 Å². The number of hydrogen-bond acceptors (Lipinski definition) is 4. The lowest BCUT2D eigenvalue weighted by molar-refractivity contribution is 0.0482. The minimum atomic E-state index is -0.442. The zero-order chi connectivity index (χ0) is 24.2. The van der Waals surface area contributed by atoms with E-state index in [0.29, 0.717) is 11.5 Å². The summed E-state index contributed by atoms with van der Waals surface area (Å²) >= 11 is 0. The fourth-order valence-corrected chi connectivity index (χ4v) is 6.82. The molecule has 0 saturated heterocycles. The van der Waals surface area contributed by atoms with Gasteiger partial charge in [-0.1, -0.05) is 41.5 Å². The first-order valence-electron chi connectivity index (χ1n) is 14.2. The van der Waals surface area contributed by atoms with Crippen molar-refractivity contribution in [2.24, 2.45) is 5.41 Å². The molecule has 0 N–H and O–H groups in total. The van der Waals surface area contributed by atoms with Crippen LogP contribution < -0.4 is 0 Å². The van der Waals surface area contributed by atoms with E-state index in [1.807, 2.05) is 0 Å². The Kier molecular flexibility index (Phi) is 20.5. The zero-order valence-electron chi connectivity index (χ0n) is 23.6. The van der Waals surface area contributed by atoms with Crippen molar-refractivity contribution in [3.05, 3.63) is 0 Å². The van der Waals surface area contributed by atoms with E-state index >= 15 is 0 Å². The highest BCUT2D eigenvalue weighted by atomic mass is 28.2. The van der Waals surface area contributed by atoms with E-state index in [-0.39, 0.29) is 0 Å². The smallest absolute Gasteiger partial charge is 0.161 e. The van der Waals surface area contributed by atoms with Gasteiger partial charge in [0.1, 0.15) is 0 Å². The van der Waals surface area contributed by atoms with Crippen molar-refractivity contribution in [3.63, 3.8) is 0 Å². The van der Waals surface area contributed by atoms with Crippen molar-refractivity contribution < 1.29 is 4.43 Å². The lowest BCUT2D eigenvalue weighted by Gasteiger charge is -2.45. The lowest BCUT2D eigenvalue weighted by atomic mass is 9.82. The van der Waals surface area contributed by atoms with E-state index in [1.54, 1.807) is 0 Å². The second-order valence-electron chi connectivity index (χ2n) is 10.4. The van der Waals surface area contributed by atoms with Crippen molar-refractivity contribution in [2.75, 3.05) is 58.9 Å². The maximum atomic E-state index is 6.14. The number of rotatable bonds is 23. The normalized spacial score (nSPS) is 13.1. The van der Waals surface area contributed by atoms with Gasteiger partial charge in [0.2, 0.25) is 0 Å². The van der Waals surface area contributed by atoms with E-state index in [9.17, 15) is 0 Å². The van der Waals surface area contributed by atoms with Crippen molar-refractivity contribution >= 4 is 9.76 Å². The molecule has 194 valence electrons. The molecule has 0 amide bonds. The molecule has 0 heterocycles. The number of nitrogens with zero attached hydrogens (tertiary/aromatic N) is 3. The van der Waals surface area contributed by atoms with Gasteiger partial charge in [0.15, 0.2) is 9.76 Å². The molecule has 0 fully saturated rings. The Balaban J connectivity index is 5.90. The summed E-state index contributed by atoms with van der Waals surface area (Å²) in [6.45, 7) is 29.6. The first kappa shape index (κ1) is 32.1. The van der Waals surface area contributed by atoms with Gasteiger partial charge in [0, 0.05) is 31.2 Å². The van der Waals surface area contributed by atoms with Crippen LogP contribution >= 0.6 is 0 Å². The SMILES string of the molecule is CCCN(CCC)CC(CC[SiH2]OC(C)C)(CN(CCC)CCC)CN(CCC)CCC. The van der Waals surface area contributed by atoms with Gasteiger partial charge in [-0.2, -0.15) is 0 Å². The Morgan fingerprint density at radius 3 is 1.16 bits per heavy atom. The largest absolute Gasteiger partial charge is 0.422 e. The molecular weight excluding hydrogens is 410 g/mol. The van der Waals surface area contributed by atoms with E-state index in [1.165, 1.54) is 110 Å². The second-order valence-corrected chi connectivity index (χ2v) is 11.8. The maximum absolute atomic E-state index is 6.14. The van der Waals surface area contributed by atoms with Crippen LogP contribution in [0.3, 0.4) is 0 Å². The van der Waals surface area contributed by atoms with Crippen LogP contribution in [0, 0.1) is 5.41 Å². The van der Waals surface area contributed by atoms with E-state index < -0.39 is 9.76 Å². The second kappa shape index (κ2) is 20.4. The molecule has 0 radical (unpaired) electrons. The Morgan fingerprint density at radius 1 is 0.594 bits per heavy atom. The quantitative estimate of drug-likeness (QED) is 0.141. The summed E-state index contributed by atoms with van der Waals surface area (Å²) in [7, 11) is -0.442. The van der Waals surface area contributed by atoms with Crippen molar-refractivity contribution in [1.82, 2.24) is 14.7 Å². The molecule has 0 saturated carbocycles. The molecule has 0 aromatic carbocycles. The Bertz CT molecular complexity index is 345. The van der Waals surface area contributed by atoms with Crippen molar-refractivity contribution in [2.45, 2.75) is 112 Å². The molecule has 32 heavy (non-hydrogen) atoms.